The summed E-state index contributed by atoms with van der Waals surface area (Å²) in [6.45, 7) is 9.76. The van der Waals surface area contributed by atoms with Crippen molar-refractivity contribution in [1.29, 1.82) is 0 Å². The van der Waals surface area contributed by atoms with Gasteiger partial charge in [-0.3, -0.25) is 9.59 Å². The summed E-state index contributed by atoms with van der Waals surface area (Å²) in [5.41, 5.74) is 0.332. The number of carbonyl (C=O) groups is 2. The largest absolute Gasteiger partial charge is 0.481 e. The smallest absolute Gasteiger partial charge is 0.425 e. The van der Waals surface area contributed by atoms with E-state index in [2.05, 4.69) is 11.8 Å². The normalized spacial score (nSPS) is 22.5. The van der Waals surface area contributed by atoms with Gasteiger partial charge in [-0.05, 0) is 89.0 Å². The Balaban J connectivity index is 1.48. The van der Waals surface area contributed by atoms with Crippen molar-refractivity contribution in [3.8, 4) is 5.75 Å². The van der Waals surface area contributed by atoms with Gasteiger partial charge in [-0.25, -0.2) is 0 Å². The maximum absolute atomic E-state index is 13.8. The topological polar surface area (TPSA) is 55.8 Å². The Bertz CT molecular complexity index is 921. The number of Topliss-reactive ketones (excluding diaryl/α,β-unsaturated/α-hetero) is 2. The number of ether oxygens (including phenoxy) is 2. The molecule has 0 bridgehead atoms. The van der Waals surface area contributed by atoms with Gasteiger partial charge in [-0.2, -0.15) is 13.2 Å². The van der Waals surface area contributed by atoms with Gasteiger partial charge in [0, 0.05) is 30.1 Å². The molecule has 1 aliphatic heterocycles. The zero-order valence-electron chi connectivity index (χ0n) is 23.3. The Morgan fingerprint density at radius 3 is 2.32 bits per heavy atom. The van der Waals surface area contributed by atoms with Crippen molar-refractivity contribution in [1.82, 2.24) is 4.90 Å². The van der Waals surface area contributed by atoms with Gasteiger partial charge in [0.05, 0.1) is 12.2 Å². The third-order valence-electron chi connectivity index (χ3n) is 8.22. The van der Waals surface area contributed by atoms with Gasteiger partial charge in [-0.1, -0.05) is 27.2 Å². The monoisotopic (exact) mass is 539 g/mol. The highest BCUT2D eigenvalue weighted by Crippen LogP contribution is 2.34. The fourth-order valence-electron chi connectivity index (χ4n) is 5.34. The number of unbranched alkanes of at least 4 members (excludes halogenated alkanes) is 1. The highest BCUT2D eigenvalue weighted by molar-refractivity contribution is 6.09. The average molecular weight is 540 g/mol. The molecule has 0 aromatic heterocycles. The molecular formula is C30H44F3NO4. The number of piperidine rings is 1. The van der Waals surface area contributed by atoms with Crippen LogP contribution in [0.5, 0.6) is 5.75 Å². The maximum atomic E-state index is 13.8. The second-order valence-corrected chi connectivity index (χ2v) is 11.1. The van der Waals surface area contributed by atoms with E-state index in [9.17, 15) is 22.8 Å². The standard InChI is InChI=1S/C30H44F3NO4/c1-5-20(3)29(36)27-19-24(10-11-26(27)21(4)35)38-28(30(31,32)33)9-7-8-14-34-15-12-23(13-16-34)37-25-17-22(6-2)18-25/h10-11,19-20,22-23,25,28H,5-9,12-18H2,1-4H3. The molecule has 214 valence electrons. The summed E-state index contributed by atoms with van der Waals surface area (Å²) in [6, 6.07) is 4.03. The van der Waals surface area contributed by atoms with E-state index in [0.717, 1.165) is 38.4 Å². The van der Waals surface area contributed by atoms with E-state index < -0.39 is 12.3 Å². The quantitative estimate of drug-likeness (QED) is 0.184. The molecule has 2 atom stereocenters. The maximum Gasteiger partial charge on any atom is 0.425 e. The van der Waals surface area contributed by atoms with Gasteiger partial charge < -0.3 is 14.4 Å². The zero-order chi connectivity index (χ0) is 27.9. The predicted octanol–water partition coefficient (Wildman–Crippen LogP) is 7.27. The number of hydrogen-bond donors (Lipinski definition) is 0. The van der Waals surface area contributed by atoms with Crippen LogP contribution in [0.3, 0.4) is 0 Å². The van der Waals surface area contributed by atoms with Crippen LogP contribution in [-0.2, 0) is 4.74 Å². The number of rotatable bonds is 14. The van der Waals surface area contributed by atoms with Crippen LogP contribution in [-0.4, -0.2) is 60.6 Å². The fourth-order valence-corrected chi connectivity index (χ4v) is 5.34. The van der Waals surface area contributed by atoms with Crippen LogP contribution in [0.1, 0.15) is 106 Å². The third kappa shape index (κ3) is 8.54. The number of nitrogens with zero attached hydrogens (tertiary/aromatic N) is 1. The second kappa shape index (κ2) is 13.9. The van der Waals surface area contributed by atoms with Crippen molar-refractivity contribution in [3.05, 3.63) is 29.3 Å². The van der Waals surface area contributed by atoms with Gasteiger partial charge >= 0.3 is 6.18 Å². The van der Waals surface area contributed by atoms with Crippen molar-refractivity contribution in [2.45, 2.75) is 110 Å². The van der Waals surface area contributed by atoms with Crippen LogP contribution in [0, 0.1) is 11.8 Å². The minimum Gasteiger partial charge on any atom is -0.481 e. The van der Waals surface area contributed by atoms with Crippen LogP contribution < -0.4 is 4.74 Å². The van der Waals surface area contributed by atoms with Gasteiger partial charge in [0.1, 0.15) is 5.75 Å². The van der Waals surface area contributed by atoms with Crippen molar-refractivity contribution < 1.29 is 32.2 Å². The highest BCUT2D eigenvalue weighted by atomic mass is 19.4. The first-order valence-electron chi connectivity index (χ1n) is 14.3. The minimum atomic E-state index is -4.53. The number of likely N-dealkylation sites (tertiary alicyclic amines) is 1. The van der Waals surface area contributed by atoms with Crippen molar-refractivity contribution in [2.75, 3.05) is 19.6 Å². The summed E-state index contributed by atoms with van der Waals surface area (Å²) in [6.07, 6.45) is 1.21. The first kappa shape index (κ1) is 30.6. The molecule has 1 aromatic rings. The van der Waals surface area contributed by atoms with Crippen molar-refractivity contribution in [3.63, 3.8) is 0 Å². The number of carbonyl (C=O) groups excluding carboxylic acids is 2. The minimum absolute atomic E-state index is 0.0391. The van der Waals surface area contributed by atoms with Crippen LogP contribution in [0.25, 0.3) is 0 Å². The molecule has 38 heavy (non-hydrogen) atoms. The molecule has 8 heteroatoms. The van der Waals surface area contributed by atoms with E-state index in [1.165, 1.54) is 44.4 Å². The highest BCUT2D eigenvalue weighted by Gasteiger charge is 2.41. The Morgan fingerprint density at radius 1 is 1.05 bits per heavy atom. The molecule has 1 aliphatic carbocycles. The molecule has 1 aromatic carbocycles. The molecule has 0 spiro atoms. The summed E-state index contributed by atoms with van der Waals surface area (Å²) >= 11 is 0. The summed E-state index contributed by atoms with van der Waals surface area (Å²) < 4.78 is 53.0. The first-order chi connectivity index (χ1) is 18.0. The summed E-state index contributed by atoms with van der Waals surface area (Å²) in [7, 11) is 0. The summed E-state index contributed by atoms with van der Waals surface area (Å²) in [5.74, 6) is -0.135. The molecule has 0 amide bonds. The van der Waals surface area contributed by atoms with Crippen LogP contribution in [0.2, 0.25) is 0 Å². The van der Waals surface area contributed by atoms with Crippen molar-refractivity contribution >= 4 is 11.6 Å². The van der Waals surface area contributed by atoms with Crippen LogP contribution >= 0.6 is 0 Å². The molecule has 2 aliphatic rings. The average Bonchev–Trinajstić information content (AvgIpc) is 2.86. The van der Waals surface area contributed by atoms with E-state index in [1.54, 1.807) is 6.92 Å². The Morgan fingerprint density at radius 2 is 1.74 bits per heavy atom. The first-order valence-corrected chi connectivity index (χ1v) is 14.3. The zero-order valence-corrected chi connectivity index (χ0v) is 23.3. The van der Waals surface area contributed by atoms with Gasteiger partial charge in [-0.15, -0.1) is 0 Å². The van der Waals surface area contributed by atoms with Gasteiger partial charge in [0.25, 0.3) is 0 Å². The summed E-state index contributed by atoms with van der Waals surface area (Å²) in [4.78, 5) is 27.1. The van der Waals surface area contributed by atoms with Crippen LogP contribution in [0.15, 0.2) is 18.2 Å². The fraction of sp³-hybridized carbons (Fsp3) is 0.733. The third-order valence-corrected chi connectivity index (χ3v) is 8.22. The second-order valence-electron chi connectivity index (χ2n) is 11.1. The lowest BCUT2D eigenvalue weighted by Crippen LogP contribution is -2.41. The Labute approximate surface area is 225 Å². The molecule has 1 saturated heterocycles. The molecule has 2 unspecified atom stereocenters. The van der Waals surface area contributed by atoms with E-state index >= 15 is 0 Å². The number of benzene rings is 1. The van der Waals surface area contributed by atoms with Crippen LogP contribution in [0.4, 0.5) is 13.2 Å². The molecule has 3 rings (SSSR count). The van der Waals surface area contributed by atoms with Crippen molar-refractivity contribution in [2.24, 2.45) is 11.8 Å². The lowest BCUT2D eigenvalue weighted by Gasteiger charge is -2.40. The van der Waals surface area contributed by atoms with E-state index in [1.807, 2.05) is 6.92 Å². The number of halogens is 3. The molecule has 5 nitrogen and oxygen atoms in total. The lowest BCUT2D eigenvalue weighted by molar-refractivity contribution is -0.197. The van der Waals surface area contributed by atoms with E-state index in [-0.39, 0.29) is 40.8 Å². The van der Waals surface area contributed by atoms with Gasteiger partial charge in [0.2, 0.25) is 0 Å². The Hall–Kier alpha value is -1.93. The SMILES string of the molecule is CCC1CC(OC2CCN(CCCCC(Oc3ccc(C(C)=O)c(C(=O)C(C)CC)c3)C(F)(F)F)CC2)C1. The Kier molecular flexibility index (Phi) is 11.2. The molecule has 1 heterocycles. The molecular weight excluding hydrogens is 495 g/mol. The molecule has 1 saturated carbocycles. The van der Waals surface area contributed by atoms with Gasteiger partial charge in [0.15, 0.2) is 17.7 Å². The number of hydrogen-bond acceptors (Lipinski definition) is 5. The number of alkyl halides is 3. The molecule has 2 fully saturated rings. The predicted molar refractivity (Wildman–Crippen MR) is 142 cm³/mol. The lowest BCUT2D eigenvalue weighted by atomic mass is 9.80. The molecule has 0 N–H and O–H groups in total. The molecule has 0 radical (unpaired) electrons. The van der Waals surface area contributed by atoms with E-state index in [0.29, 0.717) is 31.5 Å². The summed E-state index contributed by atoms with van der Waals surface area (Å²) in [5, 5.41) is 0. The number of ketones is 2. The van der Waals surface area contributed by atoms with E-state index in [4.69, 9.17) is 9.47 Å².